The lowest BCUT2D eigenvalue weighted by atomic mass is 10.1. The molecule has 110 valence electrons. The van der Waals surface area contributed by atoms with Crippen LogP contribution in [-0.4, -0.2) is 17.4 Å². The molecule has 0 aliphatic heterocycles. The standard InChI is InChI=1S/C16H28O3/c1-6-8-11(17)10-13-12(9-7-2)14(13)15(18)19-16(3,4)5/h12-14H,6-10H2,1-5H3/t12-,13-,14-/m1/s1. The van der Waals surface area contributed by atoms with E-state index < -0.39 is 5.60 Å². The predicted octanol–water partition coefficient (Wildman–Crippen LogP) is 3.75. The zero-order chi connectivity index (χ0) is 14.6. The second-order valence-electron chi connectivity index (χ2n) is 6.67. The molecule has 0 spiro atoms. The fourth-order valence-corrected chi connectivity index (χ4v) is 2.81. The van der Waals surface area contributed by atoms with Crippen molar-refractivity contribution in [1.82, 2.24) is 0 Å². The van der Waals surface area contributed by atoms with Gasteiger partial charge in [0.2, 0.25) is 0 Å². The first-order valence-electron chi connectivity index (χ1n) is 7.54. The molecule has 0 unspecified atom stereocenters. The van der Waals surface area contributed by atoms with Gasteiger partial charge in [0.25, 0.3) is 0 Å². The zero-order valence-corrected chi connectivity index (χ0v) is 13.0. The molecule has 0 aromatic carbocycles. The van der Waals surface area contributed by atoms with Crippen LogP contribution in [0.25, 0.3) is 0 Å². The van der Waals surface area contributed by atoms with Crippen LogP contribution in [-0.2, 0) is 14.3 Å². The summed E-state index contributed by atoms with van der Waals surface area (Å²) in [6.07, 6.45) is 4.16. The van der Waals surface area contributed by atoms with Gasteiger partial charge in [-0.15, -0.1) is 0 Å². The van der Waals surface area contributed by atoms with E-state index in [0.717, 1.165) is 19.3 Å². The number of hydrogen-bond acceptors (Lipinski definition) is 3. The number of rotatable bonds is 7. The van der Waals surface area contributed by atoms with E-state index >= 15 is 0 Å². The van der Waals surface area contributed by atoms with Gasteiger partial charge in [0.15, 0.2) is 0 Å². The Labute approximate surface area is 117 Å². The van der Waals surface area contributed by atoms with E-state index in [4.69, 9.17) is 4.74 Å². The van der Waals surface area contributed by atoms with Crippen LogP contribution in [0.4, 0.5) is 0 Å². The minimum atomic E-state index is -0.436. The molecular weight excluding hydrogens is 240 g/mol. The van der Waals surface area contributed by atoms with Crippen molar-refractivity contribution in [3.8, 4) is 0 Å². The lowest BCUT2D eigenvalue weighted by Gasteiger charge is -2.19. The topological polar surface area (TPSA) is 43.4 Å². The van der Waals surface area contributed by atoms with Crippen molar-refractivity contribution in [1.29, 1.82) is 0 Å². The highest BCUT2D eigenvalue weighted by Gasteiger charge is 2.55. The minimum Gasteiger partial charge on any atom is -0.460 e. The van der Waals surface area contributed by atoms with E-state index in [-0.39, 0.29) is 17.8 Å². The number of carbonyl (C=O) groups is 2. The lowest BCUT2D eigenvalue weighted by Crippen LogP contribution is -2.25. The SMILES string of the molecule is CCCC(=O)C[C@@H]1[C@@H](CCC)[C@H]1C(=O)OC(C)(C)C. The molecule has 1 fully saturated rings. The first-order valence-corrected chi connectivity index (χ1v) is 7.54. The monoisotopic (exact) mass is 268 g/mol. The summed E-state index contributed by atoms with van der Waals surface area (Å²) in [5.74, 6) is 0.731. The van der Waals surface area contributed by atoms with Crippen molar-refractivity contribution in [3.63, 3.8) is 0 Å². The molecule has 0 bridgehead atoms. The van der Waals surface area contributed by atoms with Gasteiger partial charge in [-0.1, -0.05) is 20.3 Å². The fraction of sp³-hybridized carbons (Fsp3) is 0.875. The molecule has 19 heavy (non-hydrogen) atoms. The maximum Gasteiger partial charge on any atom is 0.310 e. The number of Topliss-reactive ketones (excluding diaryl/α,β-unsaturated/α-hetero) is 1. The first-order chi connectivity index (χ1) is 8.80. The molecule has 0 heterocycles. The summed E-state index contributed by atoms with van der Waals surface area (Å²) in [6, 6.07) is 0. The van der Waals surface area contributed by atoms with Gasteiger partial charge < -0.3 is 4.74 Å². The van der Waals surface area contributed by atoms with Crippen LogP contribution in [0.15, 0.2) is 0 Å². The molecule has 3 nitrogen and oxygen atoms in total. The number of hydrogen-bond donors (Lipinski definition) is 0. The van der Waals surface area contributed by atoms with Gasteiger partial charge in [-0.25, -0.2) is 0 Å². The average Bonchev–Trinajstić information content (AvgIpc) is 2.89. The molecule has 1 rings (SSSR count). The maximum absolute atomic E-state index is 12.1. The van der Waals surface area contributed by atoms with Crippen LogP contribution in [0.5, 0.6) is 0 Å². The Morgan fingerprint density at radius 1 is 1.05 bits per heavy atom. The van der Waals surface area contributed by atoms with Gasteiger partial charge in [-0.05, 0) is 45.4 Å². The Morgan fingerprint density at radius 3 is 2.16 bits per heavy atom. The van der Waals surface area contributed by atoms with Crippen molar-refractivity contribution in [3.05, 3.63) is 0 Å². The second kappa shape index (κ2) is 6.53. The molecule has 1 saturated carbocycles. The molecule has 3 heteroatoms. The molecule has 0 radical (unpaired) electrons. The highest BCUT2D eigenvalue weighted by molar-refractivity contribution is 5.82. The summed E-state index contributed by atoms with van der Waals surface area (Å²) in [6.45, 7) is 9.80. The van der Waals surface area contributed by atoms with E-state index in [1.54, 1.807) is 0 Å². The normalized spacial score (nSPS) is 26.1. The number of ether oxygens (including phenoxy) is 1. The Bertz CT molecular complexity index is 327. The molecular formula is C16H28O3. The summed E-state index contributed by atoms with van der Waals surface area (Å²) in [7, 11) is 0. The van der Waals surface area contributed by atoms with Crippen molar-refractivity contribution in [2.24, 2.45) is 17.8 Å². The van der Waals surface area contributed by atoms with Crippen LogP contribution in [0, 0.1) is 17.8 Å². The van der Waals surface area contributed by atoms with Crippen LogP contribution < -0.4 is 0 Å². The molecule has 0 saturated heterocycles. The molecule has 3 atom stereocenters. The Balaban J connectivity index is 2.56. The van der Waals surface area contributed by atoms with Gasteiger partial charge in [-0.3, -0.25) is 9.59 Å². The lowest BCUT2D eigenvalue weighted by molar-refractivity contribution is -0.157. The number of esters is 1. The van der Waals surface area contributed by atoms with Crippen molar-refractivity contribution >= 4 is 11.8 Å². The second-order valence-corrected chi connectivity index (χ2v) is 6.67. The summed E-state index contributed by atoms with van der Waals surface area (Å²) in [5.41, 5.74) is -0.436. The Kier molecular flexibility index (Phi) is 5.57. The maximum atomic E-state index is 12.1. The minimum absolute atomic E-state index is 0.0417. The summed E-state index contributed by atoms with van der Waals surface area (Å²) in [4.78, 5) is 23.9. The first kappa shape index (κ1) is 16.2. The molecule has 0 aromatic rings. The highest BCUT2D eigenvalue weighted by atomic mass is 16.6. The Morgan fingerprint density at radius 2 is 1.68 bits per heavy atom. The number of ketones is 1. The van der Waals surface area contributed by atoms with Crippen LogP contribution in [0.2, 0.25) is 0 Å². The third kappa shape index (κ3) is 4.96. The zero-order valence-electron chi connectivity index (χ0n) is 13.0. The quantitative estimate of drug-likeness (QED) is 0.660. The molecule has 1 aliphatic carbocycles. The fourth-order valence-electron chi connectivity index (χ4n) is 2.81. The molecule has 1 aliphatic rings. The van der Waals surface area contributed by atoms with Crippen molar-refractivity contribution < 1.29 is 14.3 Å². The van der Waals surface area contributed by atoms with Crippen LogP contribution in [0.3, 0.4) is 0 Å². The van der Waals surface area contributed by atoms with E-state index in [9.17, 15) is 9.59 Å². The summed E-state index contributed by atoms with van der Waals surface area (Å²) >= 11 is 0. The van der Waals surface area contributed by atoms with E-state index in [0.29, 0.717) is 24.5 Å². The van der Waals surface area contributed by atoms with Crippen LogP contribution >= 0.6 is 0 Å². The largest absolute Gasteiger partial charge is 0.460 e. The molecule has 0 amide bonds. The van der Waals surface area contributed by atoms with Gasteiger partial charge in [0.1, 0.15) is 11.4 Å². The number of carbonyl (C=O) groups excluding carboxylic acids is 2. The third-order valence-electron chi connectivity index (χ3n) is 3.62. The van der Waals surface area contributed by atoms with Gasteiger partial charge in [0, 0.05) is 12.8 Å². The van der Waals surface area contributed by atoms with Crippen LogP contribution in [0.1, 0.15) is 66.7 Å². The average molecular weight is 268 g/mol. The van der Waals surface area contributed by atoms with Gasteiger partial charge in [-0.2, -0.15) is 0 Å². The Hall–Kier alpha value is -0.860. The van der Waals surface area contributed by atoms with Gasteiger partial charge in [0.05, 0.1) is 5.92 Å². The van der Waals surface area contributed by atoms with E-state index in [1.807, 2.05) is 27.7 Å². The van der Waals surface area contributed by atoms with Gasteiger partial charge >= 0.3 is 5.97 Å². The summed E-state index contributed by atoms with van der Waals surface area (Å²) in [5, 5.41) is 0. The smallest absolute Gasteiger partial charge is 0.310 e. The van der Waals surface area contributed by atoms with Crippen molar-refractivity contribution in [2.45, 2.75) is 72.3 Å². The van der Waals surface area contributed by atoms with Crippen molar-refractivity contribution in [2.75, 3.05) is 0 Å². The van der Waals surface area contributed by atoms with E-state index in [1.165, 1.54) is 0 Å². The predicted molar refractivity (Wildman–Crippen MR) is 75.8 cm³/mol. The van der Waals surface area contributed by atoms with E-state index in [2.05, 4.69) is 6.92 Å². The highest BCUT2D eigenvalue weighted by Crippen LogP contribution is 2.52. The third-order valence-corrected chi connectivity index (χ3v) is 3.62. The molecule has 0 N–H and O–H groups in total. The molecule has 0 aromatic heterocycles. The summed E-state index contributed by atoms with van der Waals surface area (Å²) < 4.78 is 5.46.